The average molecular weight is 382 g/mol. The predicted molar refractivity (Wildman–Crippen MR) is 105 cm³/mol. The minimum absolute atomic E-state index is 0.00610. The fourth-order valence-corrected chi connectivity index (χ4v) is 4.13. The maximum atomic E-state index is 13.1. The summed E-state index contributed by atoms with van der Waals surface area (Å²) in [6.07, 6.45) is 2.31. The van der Waals surface area contributed by atoms with Crippen LogP contribution < -0.4 is 9.64 Å². The molecule has 0 fully saturated rings. The molecule has 4 nitrogen and oxygen atoms in total. The van der Waals surface area contributed by atoms with Gasteiger partial charge in [-0.3, -0.25) is 14.5 Å². The molecule has 1 heterocycles. The number of amides is 1. The van der Waals surface area contributed by atoms with Crippen molar-refractivity contribution in [2.24, 2.45) is 0 Å². The van der Waals surface area contributed by atoms with Gasteiger partial charge in [-0.25, -0.2) is 0 Å². The molecule has 0 aromatic heterocycles. The van der Waals surface area contributed by atoms with Crippen LogP contribution in [-0.2, 0) is 9.59 Å². The third kappa shape index (κ3) is 3.26. The molecule has 0 N–H and O–H groups in total. The number of ether oxygens (including phenoxy) is 1. The lowest BCUT2D eigenvalue weighted by Crippen LogP contribution is -2.40. The third-order valence-corrected chi connectivity index (χ3v) is 5.53. The molecule has 0 spiro atoms. The number of methoxy groups -OCH3 is 1. The molecule has 138 valence electrons. The Kier molecular flexibility index (Phi) is 4.75. The zero-order chi connectivity index (χ0) is 19.0. The van der Waals surface area contributed by atoms with E-state index in [2.05, 4.69) is 0 Å². The van der Waals surface area contributed by atoms with Crippen molar-refractivity contribution in [3.05, 3.63) is 70.4 Å². The zero-order valence-corrected chi connectivity index (χ0v) is 15.8. The minimum Gasteiger partial charge on any atom is -0.497 e. The van der Waals surface area contributed by atoms with Crippen molar-refractivity contribution in [1.29, 1.82) is 0 Å². The van der Waals surface area contributed by atoms with Crippen LogP contribution in [0.15, 0.2) is 59.8 Å². The number of hydrogen-bond donors (Lipinski definition) is 0. The molecule has 5 heteroatoms. The standard InChI is InChI=1S/C22H20ClNO3/c1-27-17-11-5-14(6-12-17)18-13-21(26)24(16-9-7-15(23)8-10-16)19-3-2-4-20(25)22(18)19/h5-12,18H,2-4,13H2,1H3. The number of Topliss-reactive ketones (excluding diaryl/α,β-unsaturated/α-hetero) is 1. The Labute approximate surface area is 163 Å². The van der Waals surface area contributed by atoms with Gasteiger partial charge in [-0.15, -0.1) is 0 Å². The summed E-state index contributed by atoms with van der Waals surface area (Å²) in [5.74, 6) is 0.706. The molecule has 2 aliphatic rings. The predicted octanol–water partition coefficient (Wildman–Crippen LogP) is 4.88. The molecule has 2 aromatic rings. The van der Waals surface area contributed by atoms with Crippen molar-refractivity contribution in [1.82, 2.24) is 0 Å². The van der Waals surface area contributed by atoms with E-state index in [4.69, 9.17) is 16.3 Å². The first-order valence-corrected chi connectivity index (χ1v) is 9.45. The normalized spacial score (nSPS) is 19.9. The number of carbonyl (C=O) groups is 2. The summed E-state index contributed by atoms with van der Waals surface area (Å²) in [5.41, 5.74) is 3.36. The smallest absolute Gasteiger partial charge is 0.232 e. The summed E-state index contributed by atoms with van der Waals surface area (Å²) in [5, 5.41) is 0.619. The van der Waals surface area contributed by atoms with Crippen LogP contribution in [0.1, 0.15) is 37.2 Å². The highest BCUT2D eigenvalue weighted by Gasteiger charge is 2.39. The van der Waals surface area contributed by atoms with Crippen LogP contribution in [0.4, 0.5) is 5.69 Å². The van der Waals surface area contributed by atoms with E-state index in [0.717, 1.165) is 41.1 Å². The number of hydrogen-bond acceptors (Lipinski definition) is 3. The van der Waals surface area contributed by atoms with Gasteiger partial charge in [0.2, 0.25) is 5.91 Å². The van der Waals surface area contributed by atoms with E-state index in [-0.39, 0.29) is 24.0 Å². The monoisotopic (exact) mass is 381 g/mol. The molecule has 1 atom stereocenters. The molecule has 0 saturated carbocycles. The van der Waals surface area contributed by atoms with Gasteiger partial charge in [0, 0.05) is 40.7 Å². The van der Waals surface area contributed by atoms with Gasteiger partial charge >= 0.3 is 0 Å². The molecule has 1 aliphatic heterocycles. The molecule has 0 saturated heterocycles. The van der Waals surface area contributed by atoms with Gasteiger partial charge in [-0.05, 0) is 54.8 Å². The maximum Gasteiger partial charge on any atom is 0.232 e. The third-order valence-electron chi connectivity index (χ3n) is 5.28. The number of carbonyl (C=O) groups excluding carboxylic acids is 2. The van der Waals surface area contributed by atoms with Crippen LogP contribution >= 0.6 is 11.6 Å². The highest BCUT2D eigenvalue weighted by Crippen LogP contribution is 2.43. The van der Waals surface area contributed by atoms with E-state index >= 15 is 0 Å². The van der Waals surface area contributed by atoms with Gasteiger partial charge in [-0.2, -0.15) is 0 Å². The second-order valence-corrected chi connectivity index (χ2v) is 7.31. The summed E-state index contributed by atoms with van der Waals surface area (Å²) in [6, 6.07) is 14.8. The van der Waals surface area contributed by atoms with Crippen LogP contribution in [-0.4, -0.2) is 18.8 Å². The van der Waals surface area contributed by atoms with Gasteiger partial charge in [0.25, 0.3) is 0 Å². The maximum absolute atomic E-state index is 13.1. The second kappa shape index (κ2) is 7.20. The molecule has 27 heavy (non-hydrogen) atoms. The number of ketones is 1. The van der Waals surface area contributed by atoms with E-state index in [1.54, 1.807) is 24.1 Å². The van der Waals surface area contributed by atoms with E-state index in [9.17, 15) is 9.59 Å². The Morgan fingerprint density at radius 1 is 1.00 bits per heavy atom. The fraction of sp³-hybridized carbons (Fsp3) is 0.273. The first-order chi connectivity index (χ1) is 13.1. The summed E-state index contributed by atoms with van der Waals surface area (Å²) in [4.78, 5) is 27.6. The number of nitrogens with zero attached hydrogens (tertiary/aromatic N) is 1. The van der Waals surface area contributed by atoms with Crippen molar-refractivity contribution < 1.29 is 14.3 Å². The Hall–Kier alpha value is -2.59. The lowest BCUT2D eigenvalue weighted by Gasteiger charge is -2.38. The Morgan fingerprint density at radius 2 is 1.70 bits per heavy atom. The van der Waals surface area contributed by atoms with Gasteiger partial charge in [0.05, 0.1) is 7.11 Å². The average Bonchev–Trinajstić information content (AvgIpc) is 2.69. The van der Waals surface area contributed by atoms with Gasteiger partial charge in [-0.1, -0.05) is 23.7 Å². The summed E-state index contributed by atoms with van der Waals surface area (Å²) in [7, 11) is 1.62. The lowest BCUT2D eigenvalue weighted by atomic mass is 9.77. The molecule has 4 rings (SSSR count). The van der Waals surface area contributed by atoms with Crippen molar-refractivity contribution in [2.45, 2.75) is 31.6 Å². The SMILES string of the molecule is COc1ccc(C2CC(=O)N(c3ccc(Cl)cc3)C3=C2C(=O)CCC3)cc1. The van der Waals surface area contributed by atoms with Gasteiger partial charge < -0.3 is 4.74 Å². The van der Waals surface area contributed by atoms with Gasteiger partial charge in [0.1, 0.15) is 5.75 Å². The van der Waals surface area contributed by atoms with E-state index in [1.165, 1.54) is 0 Å². The quantitative estimate of drug-likeness (QED) is 0.761. The summed E-state index contributed by atoms with van der Waals surface area (Å²) >= 11 is 6.00. The highest BCUT2D eigenvalue weighted by atomic mass is 35.5. The van der Waals surface area contributed by atoms with Crippen molar-refractivity contribution in [2.75, 3.05) is 12.0 Å². The molecule has 0 bridgehead atoms. The largest absolute Gasteiger partial charge is 0.497 e. The first kappa shape index (κ1) is 17.8. The van der Waals surface area contributed by atoms with Crippen LogP contribution in [0.25, 0.3) is 0 Å². The lowest BCUT2D eigenvalue weighted by molar-refractivity contribution is -0.119. The van der Waals surface area contributed by atoms with Crippen molar-refractivity contribution in [3.63, 3.8) is 0 Å². The molecule has 0 radical (unpaired) electrons. The second-order valence-electron chi connectivity index (χ2n) is 6.87. The molecule has 1 amide bonds. The Balaban J connectivity index is 1.81. The number of anilines is 1. The van der Waals surface area contributed by atoms with E-state index < -0.39 is 0 Å². The zero-order valence-electron chi connectivity index (χ0n) is 15.1. The highest BCUT2D eigenvalue weighted by molar-refractivity contribution is 6.30. The Bertz CT molecular complexity index is 916. The fourth-order valence-electron chi connectivity index (χ4n) is 4.00. The molecular weight excluding hydrogens is 362 g/mol. The molecular formula is C22H20ClNO3. The number of rotatable bonds is 3. The molecule has 1 aliphatic carbocycles. The van der Waals surface area contributed by atoms with E-state index in [1.807, 2.05) is 36.4 Å². The Morgan fingerprint density at radius 3 is 2.37 bits per heavy atom. The number of benzene rings is 2. The van der Waals surface area contributed by atoms with Gasteiger partial charge in [0.15, 0.2) is 5.78 Å². The first-order valence-electron chi connectivity index (χ1n) is 9.07. The summed E-state index contributed by atoms with van der Waals surface area (Å²) < 4.78 is 5.23. The van der Waals surface area contributed by atoms with Crippen molar-refractivity contribution >= 4 is 29.0 Å². The van der Waals surface area contributed by atoms with Crippen LogP contribution in [0.5, 0.6) is 5.75 Å². The summed E-state index contributed by atoms with van der Waals surface area (Å²) in [6.45, 7) is 0. The van der Waals surface area contributed by atoms with E-state index in [0.29, 0.717) is 11.4 Å². The van der Waals surface area contributed by atoms with Crippen LogP contribution in [0.3, 0.4) is 0 Å². The van der Waals surface area contributed by atoms with Crippen LogP contribution in [0.2, 0.25) is 5.02 Å². The molecule has 1 unspecified atom stereocenters. The number of allylic oxidation sites excluding steroid dienone is 2. The minimum atomic E-state index is -0.199. The van der Waals surface area contributed by atoms with Crippen LogP contribution in [0, 0.1) is 0 Å². The number of halogens is 1. The van der Waals surface area contributed by atoms with Crippen molar-refractivity contribution in [3.8, 4) is 5.75 Å². The topological polar surface area (TPSA) is 46.6 Å². The molecule has 2 aromatic carbocycles.